The molecule has 0 bridgehead atoms. The van der Waals surface area contributed by atoms with E-state index in [1.54, 1.807) is 6.92 Å². The molecule has 0 aromatic heterocycles. The van der Waals surface area contributed by atoms with Crippen LogP contribution < -0.4 is 0 Å². The highest BCUT2D eigenvalue weighted by molar-refractivity contribution is 7.82. The molecule has 36 valence electrons. The van der Waals surface area contributed by atoms with Gasteiger partial charge in [0.25, 0.3) is 0 Å². The molecule has 0 saturated carbocycles. The van der Waals surface area contributed by atoms with Gasteiger partial charge in [0.05, 0.1) is 0 Å². The first kappa shape index (κ1) is 5.85. The maximum absolute atomic E-state index is 9.62. The maximum Gasteiger partial charge on any atom is 0.178 e. The highest BCUT2D eigenvalue weighted by Gasteiger charge is 1.72. The van der Waals surface area contributed by atoms with Gasteiger partial charge in [-0.1, -0.05) is 6.08 Å². The van der Waals surface area contributed by atoms with Gasteiger partial charge in [-0.15, -0.1) is 0 Å². The average Bonchev–Trinajstić information content (AvgIpc) is 1.35. The summed E-state index contributed by atoms with van der Waals surface area (Å²) >= 11 is -1.75. The first-order valence-electron chi connectivity index (χ1n) is 1.50. The lowest BCUT2D eigenvalue weighted by Gasteiger charge is -1.69. The van der Waals surface area contributed by atoms with Gasteiger partial charge in [-0.2, -0.15) is 0 Å². The summed E-state index contributed by atoms with van der Waals surface area (Å²) in [4.78, 5) is 0. The van der Waals surface area contributed by atoms with E-state index in [-0.39, 0.29) is 0 Å². The maximum atomic E-state index is 9.62. The Morgan fingerprint density at radius 3 is 2.33 bits per heavy atom. The van der Waals surface area contributed by atoms with Crippen molar-refractivity contribution >= 4 is 11.1 Å². The Labute approximate surface area is 39.2 Å². The number of hydrogen-bond donors (Lipinski definition) is 1. The monoisotopic (exact) mass is 106 g/mol. The van der Waals surface area contributed by atoms with Gasteiger partial charge < -0.3 is 4.55 Å². The Bertz CT molecular complexity index is 76.9. The van der Waals surface area contributed by atoms with Crippen molar-refractivity contribution in [1.29, 1.82) is 0 Å². The summed E-state index contributed by atoms with van der Waals surface area (Å²) in [5, 5.41) is 1.19. The predicted molar refractivity (Wildman–Crippen MR) is 25.6 cm³/mol. The zero-order valence-electron chi connectivity index (χ0n) is 3.42. The fourth-order valence-corrected chi connectivity index (χ4v) is 0.349. The fourth-order valence-electron chi connectivity index (χ4n) is 0.116. The van der Waals surface area contributed by atoms with Crippen LogP contribution in [0.15, 0.2) is 11.5 Å². The van der Waals surface area contributed by atoms with Gasteiger partial charge in [0.2, 0.25) is 0 Å². The minimum Gasteiger partial charge on any atom is -0.303 e. The third kappa shape index (κ3) is 3.85. The zero-order chi connectivity index (χ0) is 4.99. The topological polar surface area (TPSA) is 37.3 Å². The molecule has 0 aliphatic carbocycles. The Kier molecular flexibility index (Phi) is 2.98. The molecule has 0 aliphatic heterocycles. The molecular formula is C3H6O2S. The van der Waals surface area contributed by atoms with Crippen LogP contribution >= 0.6 is 0 Å². The lowest BCUT2D eigenvalue weighted by molar-refractivity contribution is 0.574. The molecule has 1 N–H and O–H groups in total. The molecule has 0 fully saturated rings. The van der Waals surface area contributed by atoms with Crippen LogP contribution in [-0.4, -0.2) is 8.76 Å². The van der Waals surface area contributed by atoms with Gasteiger partial charge in [-0.25, -0.2) is 4.21 Å². The lowest BCUT2D eigenvalue weighted by atomic mass is 10.8. The highest BCUT2D eigenvalue weighted by Crippen LogP contribution is 1.72. The van der Waals surface area contributed by atoms with Crippen LogP contribution in [0.25, 0.3) is 0 Å². The predicted octanol–water partition coefficient (Wildman–Crippen LogP) is 0.742. The minimum absolute atomic E-state index is 1.19. The molecule has 0 saturated heterocycles. The molecule has 1 unspecified atom stereocenters. The van der Waals surface area contributed by atoms with Crippen molar-refractivity contribution in [2.45, 2.75) is 6.92 Å². The second-order valence-corrected chi connectivity index (χ2v) is 1.57. The van der Waals surface area contributed by atoms with Crippen LogP contribution in [-0.2, 0) is 11.1 Å². The van der Waals surface area contributed by atoms with E-state index < -0.39 is 11.1 Å². The van der Waals surface area contributed by atoms with Crippen molar-refractivity contribution in [3.63, 3.8) is 0 Å². The van der Waals surface area contributed by atoms with Crippen molar-refractivity contribution in [3.05, 3.63) is 11.5 Å². The Balaban J connectivity index is 3.30. The van der Waals surface area contributed by atoms with E-state index in [2.05, 4.69) is 0 Å². The van der Waals surface area contributed by atoms with Gasteiger partial charge in [0.1, 0.15) is 0 Å². The van der Waals surface area contributed by atoms with Crippen LogP contribution in [0.1, 0.15) is 6.92 Å². The molecule has 0 amide bonds. The van der Waals surface area contributed by atoms with Crippen molar-refractivity contribution in [2.75, 3.05) is 0 Å². The fraction of sp³-hybridized carbons (Fsp3) is 0.333. The molecule has 0 aliphatic rings. The van der Waals surface area contributed by atoms with Crippen LogP contribution in [0.5, 0.6) is 0 Å². The molecule has 0 aromatic carbocycles. The smallest absolute Gasteiger partial charge is 0.178 e. The molecule has 0 heterocycles. The number of rotatable bonds is 1. The summed E-state index contributed by atoms with van der Waals surface area (Å²) in [6, 6.07) is 0. The Hall–Kier alpha value is -0.150. The van der Waals surface area contributed by atoms with Crippen molar-refractivity contribution in [1.82, 2.24) is 0 Å². The minimum atomic E-state index is -1.75. The van der Waals surface area contributed by atoms with E-state index in [9.17, 15) is 4.21 Å². The summed E-state index contributed by atoms with van der Waals surface area (Å²) < 4.78 is 17.6. The molecule has 0 spiro atoms. The van der Waals surface area contributed by atoms with E-state index in [0.717, 1.165) is 0 Å². The van der Waals surface area contributed by atoms with Gasteiger partial charge in [0.15, 0.2) is 11.1 Å². The van der Waals surface area contributed by atoms with Crippen LogP contribution in [0, 0.1) is 0 Å². The second kappa shape index (κ2) is 3.06. The quantitative estimate of drug-likeness (QED) is 0.500. The van der Waals surface area contributed by atoms with E-state index >= 15 is 0 Å². The molecule has 0 radical (unpaired) electrons. The summed E-state index contributed by atoms with van der Waals surface area (Å²) in [5.41, 5.74) is 0. The standard InChI is InChI=1S/C3H6O2S/c1-2-3-6(4)5/h2-3H,1H3,(H,4,5). The first-order valence-corrected chi connectivity index (χ1v) is 2.67. The summed E-state index contributed by atoms with van der Waals surface area (Å²) in [6.07, 6.45) is 1.52. The van der Waals surface area contributed by atoms with E-state index in [1.165, 1.54) is 11.5 Å². The van der Waals surface area contributed by atoms with Crippen molar-refractivity contribution < 1.29 is 8.76 Å². The molecule has 0 rings (SSSR count). The van der Waals surface area contributed by atoms with Crippen molar-refractivity contribution in [3.8, 4) is 0 Å². The molecule has 0 aromatic rings. The number of hydrogen-bond acceptors (Lipinski definition) is 1. The molecule has 3 heteroatoms. The Morgan fingerprint density at radius 1 is 1.83 bits per heavy atom. The normalized spacial score (nSPS) is 15.7. The Morgan fingerprint density at radius 2 is 2.33 bits per heavy atom. The SMILES string of the molecule is CC=CS(=O)O. The van der Waals surface area contributed by atoms with Gasteiger partial charge in [-0.05, 0) is 6.92 Å². The van der Waals surface area contributed by atoms with Gasteiger partial charge >= 0.3 is 0 Å². The lowest BCUT2D eigenvalue weighted by Crippen LogP contribution is -1.72. The third-order valence-corrected chi connectivity index (χ3v) is 0.757. The zero-order valence-corrected chi connectivity index (χ0v) is 4.23. The first-order chi connectivity index (χ1) is 2.77. The van der Waals surface area contributed by atoms with E-state index in [0.29, 0.717) is 0 Å². The summed E-state index contributed by atoms with van der Waals surface area (Å²) in [7, 11) is 0. The van der Waals surface area contributed by atoms with E-state index in [1.807, 2.05) is 0 Å². The molecule has 2 nitrogen and oxygen atoms in total. The largest absolute Gasteiger partial charge is 0.303 e. The highest BCUT2D eigenvalue weighted by atomic mass is 32.2. The van der Waals surface area contributed by atoms with Crippen LogP contribution in [0.2, 0.25) is 0 Å². The summed E-state index contributed by atoms with van der Waals surface area (Å²) in [5.74, 6) is 0. The third-order valence-electron chi connectivity index (χ3n) is 0.252. The van der Waals surface area contributed by atoms with E-state index in [4.69, 9.17) is 4.55 Å². The second-order valence-electron chi connectivity index (χ2n) is 0.746. The molecule has 1 atom stereocenters. The molecular weight excluding hydrogens is 100 g/mol. The van der Waals surface area contributed by atoms with Gasteiger partial charge in [0, 0.05) is 5.41 Å². The van der Waals surface area contributed by atoms with Gasteiger partial charge in [-0.3, -0.25) is 0 Å². The average molecular weight is 106 g/mol. The van der Waals surface area contributed by atoms with Crippen molar-refractivity contribution in [2.24, 2.45) is 0 Å². The summed E-state index contributed by atoms with van der Waals surface area (Å²) in [6.45, 7) is 1.69. The molecule has 6 heavy (non-hydrogen) atoms. The van der Waals surface area contributed by atoms with Crippen LogP contribution in [0.4, 0.5) is 0 Å². The number of allylic oxidation sites excluding steroid dienone is 1. The van der Waals surface area contributed by atoms with Crippen LogP contribution in [0.3, 0.4) is 0 Å².